The van der Waals surface area contributed by atoms with Crippen LogP contribution in [0.15, 0.2) is 18.2 Å². The minimum absolute atomic E-state index is 0.116. The van der Waals surface area contributed by atoms with Gasteiger partial charge in [-0.25, -0.2) is 0 Å². The zero-order valence-electron chi connectivity index (χ0n) is 12.3. The Morgan fingerprint density at radius 1 is 1.20 bits per heavy atom. The molecular weight excluding hydrogens is 248 g/mol. The molecule has 0 heterocycles. The van der Waals surface area contributed by atoms with Gasteiger partial charge in [0.2, 0.25) is 0 Å². The fourth-order valence-electron chi connectivity index (χ4n) is 2.88. The van der Waals surface area contributed by atoms with Crippen molar-refractivity contribution in [1.82, 2.24) is 5.32 Å². The van der Waals surface area contributed by atoms with Gasteiger partial charge in [-0.05, 0) is 43.9 Å². The summed E-state index contributed by atoms with van der Waals surface area (Å²) in [5, 5.41) is 12.5. The van der Waals surface area contributed by atoms with Crippen LogP contribution in [0.2, 0.25) is 0 Å². The number of aryl methyl sites for hydroxylation is 1. The van der Waals surface area contributed by atoms with E-state index >= 15 is 0 Å². The highest BCUT2D eigenvalue weighted by molar-refractivity contribution is 5.96. The molecule has 1 saturated carbocycles. The van der Waals surface area contributed by atoms with Gasteiger partial charge in [0.15, 0.2) is 0 Å². The van der Waals surface area contributed by atoms with Crippen molar-refractivity contribution in [1.29, 1.82) is 5.26 Å². The van der Waals surface area contributed by atoms with Crippen LogP contribution in [0.4, 0.5) is 0 Å². The molecule has 0 bridgehead atoms. The smallest absolute Gasteiger partial charge is 0.252 e. The molecule has 3 nitrogen and oxygen atoms in total. The van der Waals surface area contributed by atoms with Gasteiger partial charge in [0.25, 0.3) is 5.91 Å². The fourth-order valence-corrected chi connectivity index (χ4v) is 2.88. The predicted molar refractivity (Wildman–Crippen MR) is 79.4 cm³/mol. The van der Waals surface area contributed by atoms with Crippen molar-refractivity contribution < 1.29 is 4.79 Å². The molecule has 1 aliphatic rings. The van der Waals surface area contributed by atoms with Gasteiger partial charge < -0.3 is 5.32 Å². The van der Waals surface area contributed by atoms with Crippen molar-refractivity contribution in [2.75, 3.05) is 0 Å². The monoisotopic (exact) mass is 270 g/mol. The van der Waals surface area contributed by atoms with Crippen LogP contribution in [-0.4, -0.2) is 11.4 Å². The highest BCUT2D eigenvalue weighted by atomic mass is 16.1. The summed E-state index contributed by atoms with van der Waals surface area (Å²) in [6.45, 7) is 3.95. The quantitative estimate of drug-likeness (QED) is 0.834. The van der Waals surface area contributed by atoms with Crippen LogP contribution in [0, 0.1) is 25.2 Å². The maximum absolute atomic E-state index is 12.5. The van der Waals surface area contributed by atoms with E-state index in [2.05, 4.69) is 11.4 Å². The Morgan fingerprint density at radius 3 is 2.45 bits per heavy atom. The number of nitrogens with one attached hydrogen (secondary N) is 1. The largest absolute Gasteiger partial charge is 0.334 e. The van der Waals surface area contributed by atoms with Gasteiger partial charge in [-0.2, -0.15) is 5.26 Å². The van der Waals surface area contributed by atoms with E-state index in [1.54, 1.807) is 0 Å². The first-order valence-electron chi connectivity index (χ1n) is 7.38. The first kappa shape index (κ1) is 14.6. The number of nitriles is 1. The molecule has 2 rings (SSSR count). The van der Waals surface area contributed by atoms with Gasteiger partial charge in [0.1, 0.15) is 5.54 Å². The Bertz CT molecular complexity index is 534. The molecule has 0 spiro atoms. The first-order chi connectivity index (χ1) is 9.58. The van der Waals surface area contributed by atoms with Crippen molar-refractivity contribution in [3.05, 3.63) is 34.9 Å². The maximum atomic E-state index is 12.5. The molecular formula is C17H22N2O. The van der Waals surface area contributed by atoms with E-state index in [0.29, 0.717) is 5.56 Å². The number of benzene rings is 1. The molecule has 106 valence electrons. The summed E-state index contributed by atoms with van der Waals surface area (Å²) in [4.78, 5) is 12.5. The third kappa shape index (κ3) is 3.01. The molecule has 0 aliphatic heterocycles. The average Bonchev–Trinajstić information content (AvgIpc) is 2.68. The standard InChI is InChI=1S/C17H22N2O/c1-13-8-7-9-15(14(13)2)16(20)19-17(12-18)10-5-3-4-6-11-17/h7-9H,3-6,10-11H2,1-2H3,(H,19,20). The number of nitrogens with zero attached hydrogens (tertiary/aromatic N) is 1. The summed E-state index contributed by atoms with van der Waals surface area (Å²) >= 11 is 0. The molecule has 1 fully saturated rings. The van der Waals surface area contributed by atoms with Crippen LogP contribution < -0.4 is 5.32 Å². The predicted octanol–water partition coefficient (Wildman–Crippen LogP) is 3.65. The van der Waals surface area contributed by atoms with Gasteiger partial charge in [0, 0.05) is 5.56 Å². The maximum Gasteiger partial charge on any atom is 0.252 e. The minimum Gasteiger partial charge on any atom is -0.334 e. The fraction of sp³-hybridized carbons (Fsp3) is 0.529. The normalized spacial score (nSPS) is 17.9. The Balaban J connectivity index is 2.21. The van der Waals surface area contributed by atoms with Crippen molar-refractivity contribution >= 4 is 5.91 Å². The molecule has 20 heavy (non-hydrogen) atoms. The number of carbonyl (C=O) groups excluding carboxylic acids is 1. The molecule has 0 saturated heterocycles. The number of hydrogen-bond donors (Lipinski definition) is 1. The highest BCUT2D eigenvalue weighted by Crippen LogP contribution is 2.27. The number of carbonyl (C=O) groups is 1. The Hall–Kier alpha value is -1.82. The van der Waals surface area contributed by atoms with E-state index in [9.17, 15) is 10.1 Å². The lowest BCUT2D eigenvalue weighted by Gasteiger charge is -2.26. The van der Waals surface area contributed by atoms with E-state index < -0.39 is 5.54 Å². The molecule has 1 N–H and O–H groups in total. The molecule has 1 aromatic carbocycles. The van der Waals surface area contributed by atoms with E-state index in [1.807, 2.05) is 32.0 Å². The summed E-state index contributed by atoms with van der Waals surface area (Å²) in [6.07, 6.45) is 5.87. The van der Waals surface area contributed by atoms with Crippen molar-refractivity contribution in [2.45, 2.75) is 57.9 Å². The molecule has 3 heteroatoms. The zero-order valence-corrected chi connectivity index (χ0v) is 12.3. The second-order valence-electron chi connectivity index (χ2n) is 5.81. The summed E-state index contributed by atoms with van der Waals surface area (Å²) in [5.74, 6) is -0.116. The Labute approximate surface area is 121 Å². The molecule has 0 radical (unpaired) electrons. The molecule has 1 aliphatic carbocycles. The third-order valence-electron chi connectivity index (χ3n) is 4.37. The van der Waals surface area contributed by atoms with Crippen LogP contribution in [-0.2, 0) is 0 Å². The number of hydrogen-bond acceptors (Lipinski definition) is 2. The van der Waals surface area contributed by atoms with Crippen LogP contribution >= 0.6 is 0 Å². The topological polar surface area (TPSA) is 52.9 Å². The van der Waals surface area contributed by atoms with Crippen molar-refractivity contribution in [3.63, 3.8) is 0 Å². The summed E-state index contributed by atoms with van der Waals surface area (Å²) in [7, 11) is 0. The van der Waals surface area contributed by atoms with Crippen molar-refractivity contribution in [2.24, 2.45) is 0 Å². The van der Waals surface area contributed by atoms with Crippen molar-refractivity contribution in [3.8, 4) is 6.07 Å². The van der Waals surface area contributed by atoms with E-state index in [0.717, 1.165) is 49.7 Å². The van der Waals surface area contributed by atoms with Crippen LogP contribution in [0.1, 0.15) is 60.0 Å². The summed E-state index contributed by atoms with van der Waals surface area (Å²) in [6, 6.07) is 8.08. The molecule has 1 amide bonds. The number of rotatable bonds is 2. The molecule has 1 aromatic rings. The minimum atomic E-state index is -0.677. The zero-order chi connectivity index (χ0) is 14.6. The van der Waals surface area contributed by atoms with Gasteiger partial charge in [-0.3, -0.25) is 4.79 Å². The van der Waals surface area contributed by atoms with E-state index in [-0.39, 0.29) is 5.91 Å². The molecule has 0 atom stereocenters. The molecule has 0 aromatic heterocycles. The van der Waals surface area contributed by atoms with Crippen LogP contribution in [0.3, 0.4) is 0 Å². The lowest BCUT2D eigenvalue weighted by atomic mass is 9.91. The Kier molecular flexibility index (Phi) is 4.44. The number of amides is 1. The third-order valence-corrected chi connectivity index (χ3v) is 4.37. The molecule has 0 unspecified atom stereocenters. The van der Waals surface area contributed by atoms with Gasteiger partial charge >= 0.3 is 0 Å². The highest BCUT2D eigenvalue weighted by Gasteiger charge is 2.33. The second-order valence-corrected chi connectivity index (χ2v) is 5.81. The van der Waals surface area contributed by atoms with Crippen LogP contribution in [0.25, 0.3) is 0 Å². The second kappa shape index (κ2) is 6.09. The summed E-state index contributed by atoms with van der Waals surface area (Å²) in [5.41, 5.74) is 2.10. The van der Waals surface area contributed by atoms with E-state index in [1.165, 1.54) is 0 Å². The van der Waals surface area contributed by atoms with Crippen LogP contribution in [0.5, 0.6) is 0 Å². The SMILES string of the molecule is Cc1cccc(C(=O)NC2(C#N)CCCCCC2)c1C. The van der Waals surface area contributed by atoms with E-state index in [4.69, 9.17) is 0 Å². The average molecular weight is 270 g/mol. The van der Waals surface area contributed by atoms with Gasteiger partial charge in [0.05, 0.1) is 6.07 Å². The van der Waals surface area contributed by atoms with Gasteiger partial charge in [-0.1, -0.05) is 37.8 Å². The lowest BCUT2D eigenvalue weighted by Crippen LogP contribution is -2.47. The lowest BCUT2D eigenvalue weighted by molar-refractivity contribution is 0.0912. The first-order valence-corrected chi connectivity index (χ1v) is 7.38. The van der Waals surface area contributed by atoms with Gasteiger partial charge in [-0.15, -0.1) is 0 Å². The summed E-state index contributed by atoms with van der Waals surface area (Å²) < 4.78 is 0. The Morgan fingerprint density at radius 2 is 1.85 bits per heavy atom.